The van der Waals surface area contributed by atoms with Gasteiger partial charge in [-0.2, -0.15) is 4.98 Å². The van der Waals surface area contributed by atoms with E-state index < -0.39 is 0 Å². The normalized spacial score (nSPS) is 18.2. The second kappa shape index (κ2) is 5.25. The monoisotopic (exact) mass is 338 g/mol. The molecule has 5 rings (SSSR count). The SMILES string of the molecule is Cc1ccc(F)cc1C1(c2noc(-c3cnc4n3CCCC4)n2)CC1. The Hall–Kier alpha value is -2.50. The van der Waals surface area contributed by atoms with E-state index in [1.165, 1.54) is 12.5 Å². The second-order valence-corrected chi connectivity index (χ2v) is 7.13. The lowest BCUT2D eigenvalue weighted by Gasteiger charge is -2.15. The summed E-state index contributed by atoms with van der Waals surface area (Å²) in [6, 6.07) is 4.92. The van der Waals surface area contributed by atoms with Gasteiger partial charge in [0.2, 0.25) is 0 Å². The molecule has 0 radical (unpaired) electrons. The average Bonchev–Trinajstić information content (AvgIpc) is 3.08. The van der Waals surface area contributed by atoms with Crippen molar-refractivity contribution in [3.63, 3.8) is 0 Å². The second-order valence-electron chi connectivity index (χ2n) is 7.13. The van der Waals surface area contributed by atoms with Crippen molar-refractivity contribution in [3.05, 3.63) is 53.0 Å². The first kappa shape index (κ1) is 14.8. The number of hydrogen-bond acceptors (Lipinski definition) is 4. The van der Waals surface area contributed by atoms with E-state index in [4.69, 9.17) is 4.52 Å². The molecule has 5 nitrogen and oxygen atoms in total. The van der Waals surface area contributed by atoms with Crippen molar-refractivity contribution in [2.45, 2.75) is 51.0 Å². The highest BCUT2D eigenvalue weighted by Crippen LogP contribution is 2.53. The van der Waals surface area contributed by atoms with Gasteiger partial charge in [0.1, 0.15) is 17.3 Å². The maximum Gasteiger partial charge on any atom is 0.276 e. The first-order valence-corrected chi connectivity index (χ1v) is 8.83. The minimum Gasteiger partial charge on any atom is -0.332 e. The molecule has 3 heterocycles. The van der Waals surface area contributed by atoms with E-state index in [1.807, 2.05) is 19.2 Å². The minimum absolute atomic E-state index is 0.222. The number of aryl methyl sites for hydroxylation is 2. The lowest BCUT2D eigenvalue weighted by Crippen LogP contribution is -2.13. The molecule has 1 aliphatic carbocycles. The Morgan fingerprint density at radius 2 is 2.12 bits per heavy atom. The Balaban J connectivity index is 1.55. The standard InChI is InChI=1S/C19H19FN4O/c1-12-5-6-13(20)10-14(12)19(7-8-19)18-22-17(25-23-18)15-11-21-16-4-2-3-9-24(15)16/h5-6,10-11H,2-4,7-9H2,1H3. The van der Waals surface area contributed by atoms with Crippen LogP contribution in [-0.4, -0.2) is 19.7 Å². The number of nitrogens with zero attached hydrogens (tertiary/aromatic N) is 4. The lowest BCUT2D eigenvalue weighted by molar-refractivity contribution is 0.412. The molecule has 0 atom stereocenters. The van der Waals surface area contributed by atoms with Crippen molar-refractivity contribution < 1.29 is 8.91 Å². The van der Waals surface area contributed by atoms with Crippen molar-refractivity contribution in [1.29, 1.82) is 0 Å². The number of fused-ring (bicyclic) bond motifs is 1. The van der Waals surface area contributed by atoms with Crippen LogP contribution in [0.3, 0.4) is 0 Å². The average molecular weight is 338 g/mol. The molecule has 0 unspecified atom stereocenters. The summed E-state index contributed by atoms with van der Waals surface area (Å²) in [5, 5.41) is 4.25. The summed E-state index contributed by atoms with van der Waals surface area (Å²) in [6.07, 6.45) is 6.97. The lowest BCUT2D eigenvalue weighted by atomic mass is 9.91. The van der Waals surface area contributed by atoms with Crippen LogP contribution in [0.2, 0.25) is 0 Å². The molecule has 6 heteroatoms. The van der Waals surface area contributed by atoms with Gasteiger partial charge in [0.05, 0.1) is 11.6 Å². The molecule has 0 bridgehead atoms. The predicted molar refractivity (Wildman–Crippen MR) is 89.6 cm³/mol. The fourth-order valence-electron chi connectivity index (χ4n) is 3.96. The van der Waals surface area contributed by atoms with E-state index in [1.54, 1.807) is 6.07 Å². The van der Waals surface area contributed by atoms with Crippen LogP contribution in [0, 0.1) is 12.7 Å². The van der Waals surface area contributed by atoms with Gasteiger partial charge in [0.25, 0.3) is 5.89 Å². The van der Waals surface area contributed by atoms with Crippen molar-refractivity contribution in [3.8, 4) is 11.6 Å². The van der Waals surface area contributed by atoms with Crippen LogP contribution in [0.15, 0.2) is 28.9 Å². The van der Waals surface area contributed by atoms with E-state index in [-0.39, 0.29) is 11.2 Å². The molecule has 25 heavy (non-hydrogen) atoms. The summed E-state index contributed by atoms with van der Waals surface area (Å²) < 4.78 is 21.5. The molecule has 0 spiro atoms. The smallest absolute Gasteiger partial charge is 0.276 e. The maximum atomic E-state index is 13.8. The summed E-state index contributed by atoms with van der Waals surface area (Å²) in [5.74, 6) is 2.03. The molecule has 1 aromatic carbocycles. The first-order valence-electron chi connectivity index (χ1n) is 8.83. The number of hydrogen-bond donors (Lipinski definition) is 0. The molecular formula is C19H19FN4O. The van der Waals surface area contributed by atoms with E-state index in [0.29, 0.717) is 11.7 Å². The molecule has 2 aliphatic rings. The van der Waals surface area contributed by atoms with Crippen LogP contribution in [0.4, 0.5) is 4.39 Å². The zero-order valence-corrected chi connectivity index (χ0v) is 14.1. The Bertz CT molecular complexity index is 954. The molecule has 3 aromatic rings. The van der Waals surface area contributed by atoms with Gasteiger partial charge in [0, 0.05) is 13.0 Å². The highest BCUT2D eigenvalue weighted by Gasteiger charge is 2.51. The van der Waals surface area contributed by atoms with E-state index in [2.05, 4.69) is 19.7 Å². The van der Waals surface area contributed by atoms with E-state index in [9.17, 15) is 4.39 Å². The topological polar surface area (TPSA) is 56.7 Å². The minimum atomic E-state index is -0.307. The Kier molecular flexibility index (Phi) is 3.11. The highest BCUT2D eigenvalue weighted by molar-refractivity contribution is 5.50. The zero-order chi connectivity index (χ0) is 17.0. The van der Waals surface area contributed by atoms with Crippen LogP contribution in [0.25, 0.3) is 11.6 Å². The van der Waals surface area contributed by atoms with Crippen molar-refractivity contribution >= 4 is 0 Å². The Morgan fingerprint density at radius 3 is 2.96 bits per heavy atom. The molecule has 0 N–H and O–H groups in total. The fourth-order valence-corrected chi connectivity index (χ4v) is 3.96. The molecule has 1 fully saturated rings. The van der Waals surface area contributed by atoms with Gasteiger partial charge in [-0.25, -0.2) is 9.37 Å². The molecule has 1 saturated carbocycles. The summed E-state index contributed by atoms with van der Waals surface area (Å²) in [4.78, 5) is 9.17. The highest BCUT2D eigenvalue weighted by atomic mass is 19.1. The molecule has 0 amide bonds. The van der Waals surface area contributed by atoms with Gasteiger partial charge in [-0.05, 0) is 55.9 Å². The number of aromatic nitrogens is 4. The van der Waals surface area contributed by atoms with Crippen LogP contribution in [0.1, 0.15) is 48.5 Å². The number of imidazole rings is 1. The first-order chi connectivity index (χ1) is 12.2. The molecule has 128 valence electrons. The molecular weight excluding hydrogens is 319 g/mol. The Labute approximate surface area is 144 Å². The summed E-state index contributed by atoms with van der Waals surface area (Å²) in [7, 11) is 0. The van der Waals surface area contributed by atoms with Gasteiger partial charge in [-0.15, -0.1) is 0 Å². The molecule has 1 aliphatic heterocycles. The summed E-state index contributed by atoms with van der Waals surface area (Å²) in [6.45, 7) is 2.94. The van der Waals surface area contributed by atoms with Crippen LogP contribution < -0.4 is 0 Å². The summed E-state index contributed by atoms with van der Waals surface area (Å²) in [5.41, 5.74) is 2.61. The van der Waals surface area contributed by atoms with Gasteiger partial charge < -0.3 is 9.09 Å². The fraction of sp³-hybridized carbons (Fsp3) is 0.421. The van der Waals surface area contributed by atoms with Crippen LogP contribution >= 0.6 is 0 Å². The number of halogens is 1. The van der Waals surface area contributed by atoms with Crippen molar-refractivity contribution in [2.75, 3.05) is 0 Å². The predicted octanol–water partition coefficient (Wildman–Crippen LogP) is 3.80. The van der Waals surface area contributed by atoms with Gasteiger partial charge >= 0.3 is 0 Å². The molecule has 2 aromatic heterocycles. The Morgan fingerprint density at radius 1 is 1.24 bits per heavy atom. The van der Waals surface area contributed by atoms with Gasteiger partial charge in [0.15, 0.2) is 5.82 Å². The van der Waals surface area contributed by atoms with Gasteiger partial charge in [-0.1, -0.05) is 11.2 Å². The molecule has 0 saturated heterocycles. The van der Waals surface area contributed by atoms with Crippen LogP contribution in [-0.2, 0) is 18.4 Å². The van der Waals surface area contributed by atoms with Crippen LogP contribution in [0.5, 0.6) is 0 Å². The van der Waals surface area contributed by atoms with Crippen molar-refractivity contribution in [2.24, 2.45) is 0 Å². The third kappa shape index (κ3) is 2.23. The quantitative estimate of drug-likeness (QED) is 0.729. The maximum absolute atomic E-state index is 13.8. The zero-order valence-electron chi connectivity index (χ0n) is 14.1. The van der Waals surface area contributed by atoms with E-state index >= 15 is 0 Å². The van der Waals surface area contributed by atoms with E-state index in [0.717, 1.165) is 54.9 Å². The third-order valence-electron chi connectivity index (χ3n) is 5.51. The van der Waals surface area contributed by atoms with Gasteiger partial charge in [-0.3, -0.25) is 0 Å². The third-order valence-corrected chi connectivity index (χ3v) is 5.51. The number of benzene rings is 1. The summed E-state index contributed by atoms with van der Waals surface area (Å²) >= 11 is 0. The van der Waals surface area contributed by atoms with Crippen molar-refractivity contribution in [1.82, 2.24) is 19.7 Å². The number of rotatable bonds is 3. The largest absolute Gasteiger partial charge is 0.332 e.